The first-order chi connectivity index (χ1) is 8.15. The summed E-state index contributed by atoms with van der Waals surface area (Å²) in [6, 6.07) is 1.88. The van der Waals surface area contributed by atoms with Gasteiger partial charge in [-0.05, 0) is 41.1 Å². The van der Waals surface area contributed by atoms with E-state index in [0.717, 1.165) is 15.9 Å². The van der Waals surface area contributed by atoms with Gasteiger partial charge in [-0.25, -0.2) is 0 Å². The van der Waals surface area contributed by atoms with E-state index in [0.29, 0.717) is 0 Å². The SMILES string of the molecule is CSC1(CNC(=O)c2csc(Br)c2)CCCC1. The molecule has 0 spiro atoms. The fourth-order valence-corrected chi connectivity index (χ4v) is 4.30. The van der Waals surface area contributed by atoms with Crippen LogP contribution in [-0.2, 0) is 0 Å². The predicted molar refractivity (Wildman–Crippen MR) is 79.1 cm³/mol. The van der Waals surface area contributed by atoms with Crippen molar-refractivity contribution in [3.8, 4) is 0 Å². The molecule has 0 bridgehead atoms. The number of carbonyl (C=O) groups is 1. The van der Waals surface area contributed by atoms with Crippen molar-refractivity contribution < 1.29 is 4.79 Å². The summed E-state index contributed by atoms with van der Waals surface area (Å²) in [7, 11) is 0. The van der Waals surface area contributed by atoms with Crippen molar-refractivity contribution in [3.05, 3.63) is 20.8 Å². The van der Waals surface area contributed by atoms with Gasteiger partial charge in [0.25, 0.3) is 5.91 Å². The Hall–Kier alpha value is -0.000000000000000111. The van der Waals surface area contributed by atoms with Crippen LogP contribution in [0.4, 0.5) is 0 Å². The molecule has 0 saturated heterocycles. The first-order valence-corrected chi connectivity index (χ1v) is 8.62. The van der Waals surface area contributed by atoms with Crippen LogP contribution in [0.25, 0.3) is 0 Å². The molecule has 1 amide bonds. The third-order valence-electron chi connectivity index (χ3n) is 3.35. The van der Waals surface area contributed by atoms with E-state index in [2.05, 4.69) is 27.5 Å². The average Bonchev–Trinajstić information content (AvgIpc) is 2.95. The number of hydrogen-bond acceptors (Lipinski definition) is 3. The van der Waals surface area contributed by atoms with Crippen molar-refractivity contribution in [2.24, 2.45) is 0 Å². The molecule has 1 heterocycles. The smallest absolute Gasteiger partial charge is 0.252 e. The van der Waals surface area contributed by atoms with E-state index in [1.165, 1.54) is 25.7 Å². The van der Waals surface area contributed by atoms with Crippen LogP contribution in [0.2, 0.25) is 0 Å². The van der Waals surface area contributed by atoms with Gasteiger partial charge in [0.2, 0.25) is 0 Å². The fraction of sp³-hybridized carbons (Fsp3) is 0.583. The molecule has 1 fully saturated rings. The van der Waals surface area contributed by atoms with Gasteiger partial charge in [0, 0.05) is 16.7 Å². The molecule has 94 valence electrons. The standard InChI is InChI=1S/C12H16BrNOS2/c1-16-12(4-2-3-5-12)8-14-11(15)9-6-10(13)17-7-9/h6-7H,2-5,8H2,1H3,(H,14,15). The van der Waals surface area contributed by atoms with Gasteiger partial charge in [-0.3, -0.25) is 4.79 Å². The van der Waals surface area contributed by atoms with Gasteiger partial charge >= 0.3 is 0 Å². The number of thiophene rings is 1. The second-order valence-electron chi connectivity index (χ2n) is 4.42. The second kappa shape index (κ2) is 5.76. The van der Waals surface area contributed by atoms with Crippen LogP contribution in [0.15, 0.2) is 15.2 Å². The highest BCUT2D eigenvalue weighted by Crippen LogP contribution is 2.39. The number of carbonyl (C=O) groups excluding carboxylic acids is 1. The van der Waals surface area contributed by atoms with Gasteiger partial charge < -0.3 is 5.32 Å². The zero-order chi connectivity index (χ0) is 12.3. The lowest BCUT2D eigenvalue weighted by atomic mass is 10.1. The maximum Gasteiger partial charge on any atom is 0.252 e. The van der Waals surface area contributed by atoms with Crippen molar-refractivity contribution in [3.63, 3.8) is 0 Å². The molecule has 0 unspecified atom stereocenters. The van der Waals surface area contributed by atoms with Crippen LogP contribution in [0.1, 0.15) is 36.0 Å². The molecule has 2 rings (SSSR count). The molecule has 2 nitrogen and oxygen atoms in total. The Balaban J connectivity index is 1.91. The Bertz CT molecular complexity index is 399. The number of thioether (sulfide) groups is 1. The molecule has 0 atom stereocenters. The monoisotopic (exact) mass is 333 g/mol. The van der Waals surface area contributed by atoms with Crippen LogP contribution in [-0.4, -0.2) is 23.5 Å². The van der Waals surface area contributed by atoms with Crippen LogP contribution >= 0.6 is 39.0 Å². The van der Waals surface area contributed by atoms with Crippen molar-refractivity contribution in [2.75, 3.05) is 12.8 Å². The van der Waals surface area contributed by atoms with Gasteiger partial charge in [-0.15, -0.1) is 11.3 Å². The molecule has 0 aliphatic heterocycles. The Kier molecular flexibility index (Phi) is 4.55. The summed E-state index contributed by atoms with van der Waals surface area (Å²) in [5.74, 6) is 0.0484. The maximum atomic E-state index is 11.9. The largest absolute Gasteiger partial charge is 0.351 e. The van der Waals surface area contributed by atoms with Crippen molar-refractivity contribution in [1.82, 2.24) is 5.32 Å². The highest BCUT2D eigenvalue weighted by molar-refractivity contribution is 9.11. The first-order valence-electron chi connectivity index (χ1n) is 5.73. The molecule has 1 saturated carbocycles. The molecule has 1 aliphatic rings. The molecule has 5 heteroatoms. The summed E-state index contributed by atoms with van der Waals surface area (Å²) >= 11 is 6.82. The molecular formula is C12H16BrNOS2. The van der Waals surface area contributed by atoms with E-state index in [1.807, 2.05) is 23.2 Å². The molecule has 0 radical (unpaired) electrons. The van der Waals surface area contributed by atoms with E-state index in [1.54, 1.807) is 11.3 Å². The highest BCUT2D eigenvalue weighted by atomic mass is 79.9. The average molecular weight is 334 g/mol. The third kappa shape index (κ3) is 3.26. The minimum absolute atomic E-state index is 0.0484. The summed E-state index contributed by atoms with van der Waals surface area (Å²) < 4.78 is 1.28. The van der Waals surface area contributed by atoms with Crippen molar-refractivity contribution in [2.45, 2.75) is 30.4 Å². The van der Waals surface area contributed by atoms with E-state index in [4.69, 9.17) is 0 Å². The Morgan fingerprint density at radius 2 is 2.29 bits per heavy atom. The number of halogens is 1. The molecule has 17 heavy (non-hydrogen) atoms. The zero-order valence-electron chi connectivity index (χ0n) is 9.79. The number of hydrogen-bond donors (Lipinski definition) is 1. The lowest BCUT2D eigenvalue weighted by Gasteiger charge is -2.26. The fourth-order valence-electron chi connectivity index (χ4n) is 2.24. The topological polar surface area (TPSA) is 29.1 Å². The van der Waals surface area contributed by atoms with Gasteiger partial charge in [-0.2, -0.15) is 11.8 Å². The number of nitrogens with one attached hydrogen (secondary N) is 1. The predicted octanol–water partition coefficient (Wildman–Crippen LogP) is 3.92. The first kappa shape index (κ1) is 13.4. The number of amides is 1. The summed E-state index contributed by atoms with van der Waals surface area (Å²) in [5, 5.41) is 4.96. The zero-order valence-corrected chi connectivity index (χ0v) is 13.0. The van der Waals surface area contributed by atoms with E-state index in [9.17, 15) is 4.79 Å². The summed E-state index contributed by atoms with van der Waals surface area (Å²) in [6.07, 6.45) is 7.18. The normalized spacial score (nSPS) is 18.2. The lowest BCUT2D eigenvalue weighted by Crippen LogP contribution is -2.38. The lowest BCUT2D eigenvalue weighted by molar-refractivity contribution is 0.0950. The van der Waals surface area contributed by atoms with Gasteiger partial charge in [0.05, 0.1) is 9.35 Å². The molecular weight excluding hydrogens is 318 g/mol. The van der Waals surface area contributed by atoms with Crippen molar-refractivity contribution >= 4 is 44.9 Å². The van der Waals surface area contributed by atoms with Gasteiger partial charge in [0.15, 0.2) is 0 Å². The van der Waals surface area contributed by atoms with E-state index >= 15 is 0 Å². The Labute approximate surface area is 119 Å². The minimum Gasteiger partial charge on any atom is -0.351 e. The molecule has 0 aromatic carbocycles. The summed E-state index contributed by atoms with van der Waals surface area (Å²) in [4.78, 5) is 11.9. The summed E-state index contributed by atoms with van der Waals surface area (Å²) in [6.45, 7) is 0.792. The second-order valence-corrected chi connectivity index (χ2v) is 7.98. The van der Waals surface area contributed by atoms with E-state index in [-0.39, 0.29) is 10.7 Å². The number of rotatable bonds is 4. The van der Waals surface area contributed by atoms with Crippen molar-refractivity contribution in [1.29, 1.82) is 0 Å². The van der Waals surface area contributed by atoms with Crippen LogP contribution in [0.5, 0.6) is 0 Å². The molecule has 1 N–H and O–H groups in total. The van der Waals surface area contributed by atoms with Gasteiger partial charge in [-0.1, -0.05) is 12.8 Å². The van der Waals surface area contributed by atoms with Crippen LogP contribution in [0.3, 0.4) is 0 Å². The minimum atomic E-state index is 0.0484. The van der Waals surface area contributed by atoms with Crippen LogP contribution < -0.4 is 5.32 Å². The quantitative estimate of drug-likeness (QED) is 0.904. The Morgan fingerprint density at radius 1 is 1.59 bits per heavy atom. The van der Waals surface area contributed by atoms with Crippen LogP contribution in [0, 0.1) is 0 Å². The maximum absolute atomic E-state index is 11.9. The third-order valence-corrected chi connectivity index (χ3v) is 6.27. The summed E-state index contributed by atoms with van der Waals surface area (Å²) in [5.41, 5.74) is 0.760. The molecule has 1 aromatic heterocycles. The van der Waals surface area contributed by atoms with E-state index < -0.39 is 0 Å². The van der Waals surface area contributed by atoms with Gasteiger partial charge in [0.1, 0.15) is 0 Å². The highest BCUT2D eigenvalue weighted by Gasteiger charge is 2.33. The molecule has 1 aromatic rings. The Morgan fingerprint density at radius 3 is 2.82 bits per heavy atom. The molecule has 1 aliphatic carbocycles.